The summed E-state index contributed by atoms with van der Waals surface area (Å²) in [4.78, 5) is 29.7. The van der Waals surface area contributed by atoms with Gasteiger partial charge in [-0.05, 0) is 38.3 Å². The molecule has 0 spiro atoms. The first-order valence-electron chi connectivity index (χ1n) is 9.45. The third-order valence-corrected chi connectivity index (χ3v) is 4.77. The minimum absolute atomic E-state index is 0.000572. The molecule has 0 aromatic heterocycles. The molecule has 0 heterocycles. The van der Waals surface area contributed by atoms with Gasteiger partial charge in [0, 0.05) is 43.9 Å². The predicted octanol–water partition coefficient (Wildman–Crippen LogP) is 2.72. The van der Waals surface area contributed by atoms with Crippen LogP contribution >= 0.6 is 0 Å². The molecule has 0 aliphatic carbocycles. The molecule has 1 aromatic carbocycles. The summed E-state index contributed by atoms with van der Waals surface area (Å²) in [5, 5.41) is 10.8. The minimum Gasteiger partial charge on any atom is -0.336 e. The summed E-state index contributed by atoms with van der Waals surface area (Å²) >= 11 is 0. The molecule has 146 valence electrons. The molecule has 0 atom stereocenters. The van der Waals surface area contributed by atoms with Gasteiger partial charge >= 0.3 is 0 Å². The number of nitro groups is 1. The van der Waals surface area contributed by atoms with Crippen LogP contribution in [0.15, 0.2) is 24.3 Å². The number of likely N-dealkylation sites (N-methyl/N-ethyl adjacent to an activating group) is 2. The maximum Gasteiger partial charge on any atom is 0.269 e. The molecule has 0 aliphatic heterocycles. The number of carbonyl (C=O) groups is 1. The molecular weight excluding hydrogens is 332 g/mol. The van der Waals surface area contributed by atoms with Crippen LogP contribution in [0.1, 0.15) is 38.1 Å². The second-order valence-corrected chi connectivity index (χ2v) is 6.15. The van der Waals surface area contributed by atoms with E-state index in [0.29, 0.717) is 18.7 Å². The molecular formula is C19H32N4O3. The van der Waals surface area contributed by atoms with Crippen molar-refractivity contribution in [3.05, 3.63) is 39.9 Å². The van der Waals surface area contributed by atoms with Crippen molar-refractivity contribution in [2.45, 2.75) is 27.7 Å². The first-order valence-corrected chi connectivity index (χ1v) is 9.45. The van der Waals surface area contributed by atoms with Crippen LogP contribution in [0, 0.1) is 10.1 Å². The highest BCUT2D eigenvalue weighted by molar-refractivity contribution is 5.94. The number of nitrogens with zero attached hydrogens (tertiary/aromatic N) is 4. The van der Waals surface area contributed by atoms with Crippen molar-refractivity contribution < 1.29 is 9.72 Å². The second kappa shape index (κ2) is 11.6. The van der Waals surface area contributed by atoms with Crippen LogP contribution in [0.2, 0.25) is 0 Å². The molecule has 0 saturated carbocycles. The SMILES string of the molecule is CCN(CC)CCN(CCN(CC)CC)C(=O)c1ccc([N+](=O)[O-])cc1. The molecule has 0 aliphatic rings. The highest BCUT2D eigenvalue weighted by atomic mass is 16.6. The maximum atomic E-state index is 12.9. The van der Waals surface area contributed by atoms with E-state index in [2.05, 4.69) is 37.5 Å². The van der Waals surface area contributed by atoms with Gasteiger partial charge in [-0.3, -0.25) is 14.9 Å². The lowest BCUT2D eigenvalue weighted by Crippen LogP contribution is -2.42. The van der Waals surface area contributed by atoms with E-state index in [0.717, 1.165) is 39.3 Å². The monoisotopic (exact) mass is 364 g/mol. The van der Waals surface area contributed by atoms with Gasteiger partial charge in [0.1, 0.15) is 0 Å². The molecule has 0 fully saturated rings. The molecule has 1 rings (SSSR count). The summed E-state index contributed by atoms with van der Waals surface area (Å²) in [7, 11) is 0. The normalized spacial score (nSPS) is 11.2. The Hall–Kier alpha value is -1.99. The van der Waals surface area contributed by atoms with Crippen molar-refractivity contribution in [3.63, 3.8) is 0 Å². The van der Waals surface area contributed by atoms with Crippen LogP contribution < -0.4 is 0 Å². The molecule has 0 bridgehead atoms. The smallest absolute Gasteiger partial charge is 0.269 e. The molecule has 1 amide bonds. The van der Waals surface area contributed by atoms with Crippen molar-refractivity contribution in [1.29, 1.82) is 0 Å². The van der Waals surface area contributed by atoms with Crippen LogP contribution in [-0.2, 0) is 0 Å². The Kier molecular flexibility index (Phi) is 9.83. The number of rotatable bonds is 12. The molecule has 26 heavy (non-hydrogen) atoms. The number of hydrogen-bond donors (Lipinski definition) is 0. The van der Waals surface area contributed by atoms with Crippen LogP contribution in [-0.4, -0.2) is 77.9 Å². The Morgan fingerprint density at radius 3 is 1.62 bits per heavy atom. The van der Waals surface area contributed by atoms with E-state index in [1.165, 1.54) is 12.1 Å². The Balaban J connectivity index is 2.86. The van der Waals surface area contributed by atoms with Crippen LogP contribution in [0.5, 0.6) is 0 Å². The minimum atomic E-state index is -0.452. The summed E-state index contributed by atoms with van der Waals surface area (Å²) in [6.07, 6.45) is 0. The van der Waals surface area contributed by atoms with Crippen LogP contribution in [0.4, 0.5) is 5.69 Å². The molecule has 1 aromatic rings. The molecule has 0 radical (unpaired) electrons. The van der Waals surface area contributed by atoms with E-state index in [1.54, 1.807) is 12.1 Å². The highest BCUT2D eigenvalue weighted by Crippen LogP contribution is 2.14. The zero-order valence-electron chi connectivity index (χ0n) is 16.5. The van der Waals surface area contributed by atoms with Crippen LogP contribution in [0.3, 0.4) is 0 Å². The standard InChI is InChI=1S/C19H32N4O3/c1-5-20(6-2)13-15-22(16-14-21(7-3)8-4)19(24)17-9-11-18(12-10-17)23(25)26/h9-12H,5-8,13-16H2,1-4H3. The van der Waals surface area contributed by atoms with Gasteiger partial charge in [-0.15, -0.1) is 0 Å². The van der Waals surface area contributed by atoms with Gasteiger partial charge in [-0.1, -0.05) is 27.7 Å². The lowest BCUT2D eigenvalue weighted by Gasteiger charge is -2.29. The summed E-state index contributed by atoms with van der Waals surface area (Å²) in [6, 6.07) is 5.87. The third-order valence-electron chi connectivity index (χ3n) is 4.77. The van der Waals surface area contributed by atoms with E-state index < -0.39 is 4.92 Å². The lowest BCUT2D eigenvalue weighted by atomic mass is 10.1. The summed E-state index contributed by atoms with van der Waals surface area (Å²) in [5.41, 5.74) is 0.495. The highest BCUT2D eigenvalue weighted by Gasteiger charge is 2.18. The largest absolute Gasteiger partial charge is 0.336 e. The number of nitro benzene ring substituents is 1. The summed E-state index contributed by atoms with van der Waals surface area (Å²) in [6.45, 7) is 15.2. The van der Waals surface area contributed by atoms with Crippen molar-refractivity contribution in [3.8, 4) is 0 Å². The average molecular weight is 364 g/mol. The van der Waals surface area contributed by atoms with Crippen molar-refractivity contribution >= 4 is 11.6 Å². The molecule has 7 heteroatoms. The van der Waals surface area contributed by atoms with Gasteiger partial charge in [-0.2, -0.15) is 0 Å². The van der Waals surface area contributed by atoms with Crippen LogP contribution in [0.25, 0.3) is 0 Å². The number of non-ortho nitro benzene ring substituents is 1. The molecule has 7 nitrogen and oxygen atoms in total. The van der Waals surface area contributed by atoms with Gasteiger partial charge < -0.3 is 14.7 Å². The van der Waals surface area contributed by atoms with Crippen molar-refractivity contribution in [2.24, 2.45) is 0 Å². The van der Waals surface area contributed by atoms with E-state index in [4.69, 9.17) is 0 Å². The Labute approximate surface area is 156 Å². The van der Waals surface area contributed by atoms with Gasteiger partial charge in [0.05, 0.1) is 4.92 Å². The Morgan fingerprint density at radius 1 is 0.846 bits per heavy atom. The second-order valence-electron chi connectivity index (χ2n) is 6.15. The first kappa shape index (κ1) is 22.1. The summed E-state index contributed by atoms with van der Waals surface area (Å²) in [5.74, 6) is -0.0702. The van der Waals surface area contributed by atoms with Gasteiger partial charge in [0.2, 0.25) is 0 Å². The Morgan fingerprint density at radius 2 is 1.27 bits per heavy atom. The van der Waals surface area contributed by atoms with Gasteiger partial charge in [0.15, 0.2) is 0 Å². The van der Waals surface area contributed by atoms with Crippen molar-refractivity contribution in [1.82, 2.24) is 14.7 Å². The number of hydrogen-bond acceptors (Lipinski definition) is 5. The zero-order chi connectivity index (χ0) is 19.5. The Bertz CT molecular complexity index is 538. The maximum absolute atomic E-state index is 12.9. The fourth-order valence-corrected chi connectivity index (χ4v) is 2.83. The summed E-state index contributed by atoms with van der Waals surface area (Å²) < 4.78 is 0. The van der Waals surface area contributed by atoms with Crippen molar-refractivity contribution in [2.75, 3.05) is 52.4 Å². The molecule has 0 saturated heterocycles. The van der Waals surface area contributed by atoms with E-state index >= 15 is 0 Å². The predicted molar refractivity (Wildman–Crippen MR) is 105 cm³/mol. The average Bonchev–Trinajstić information content (AvgIpc) is 2.67. The number of amides is 1. The van der Waals surface area contributed by atoms with Gasteiger partial charge in [-0.25, -0.2) is 0 Å². The number of benzene rings is 1. The number of carbonyl (C=O) groups excluding carboxylic acids is 1. The van der Waals surface area contributed by atoms with E-state index in [9.17, 15) is 14.9 Å². The fraction of sp³-hybridized carbons (Fsp3) is 0.632. The molecule has 0 N–H and O–H groups in total. The first-order chi connectivity index (χ1) is 12.5. The third kappa shape index (κ3) is 6.72. The quantitative estimate of drug-likeness (QED) is 0.421. The fourth-order valence-electron chi connectivity index (χ4n) is 2.83. The van der Waals surface area contributed by atoms with Gasteiger partial charge in [0.25, 0.3) is 11.6 Å². The molecule has 0 unspecified atom stereocenters. The zero-order valence-corrected chi connectivity index (χ0v) is 16.5. The lowest BCUT2D eigenvalue weighted by molar-refractivity contribution is -0.384. The van der Waals surface area contributed by atoms with E-state index in [1.807, 2.05) is 4.90 Å². The van der Waals surface area contributed by atoms with E-state index in [-0.39, 0.29) is 11.6 Å². The topological polar surface area (TPSA) is 69.9 Å².